The van der Waals surface area contributed by atoms with Crippen molar-refractivity contribution in [2.75, 3.05) is 4.72 Å². The molecular formula is C13H13N3O4S. The Bertz CT molecular complexity index is 827. The van der Waals surface area contributed by atoms with E-state index in [1.807, 2.05) is 0 Å². The average molecular weight is 307 g/mol. The van der Waals surface area contributed by atoms with Crippen molar-refractivity contribution < 1.29 is 13.2 Å². The van der Waals surface area contributed by atoms with Crippen molar-refractivity contribution in [3.63, 3.8) is 0 Å². The summed E-state index contributed by atoms with van der Waals surface area (Å²) in [5, 5.41) is 0. The highest BCUT2D eigenvalue weighted by Crippen LogP contribution is 2.19. The number of nitrogens with two attached hydrogens (primary N) is 1. The first kappa shape index (κ1) is 14.8. The fraction of sp³-hybridized carbons (Fsp3) is 0.0769. The molecule has 1 amide bonds. The van der Waals surface area contributed by atoms with Crippen LogP contribution in [0.5, 0.6) is 0 Å². The van der Waals surface area contributed by atoms with Crippen LogP contribution >= 0.6 is 0 Å². The van der Waals surface area contributed by atoms with Crippen molar-refractivity contribution in [3.05, 3.63) is 58.5 Å². The van der Waals surface area contributed by atoms with Gasteiger partial charge in [-0.05, 0) is 11.6 Å². The zero-order valence-electron chi connectivity index (χ0n) is 10.9. The Hall–Kier alpha value is -2.61. The first-order chi connectivity index (χ1) is 9.90. The first-order valence-corrected chi connectivity index (χ1v) is 7.44. The van der Waals surface area contributed by atoms with Gasteiger partial charge in [-0.3, -0.25) is 14.3 Å². The second kappa shape index (κ2) is 5.80. The number of hydrogen-bond donors (Lipinski definition) is 3. The lowest BCUT2D eigenvalue weighted by Crippen LogP contribution is -2.22. The number of aromatic amines is 1. The van der Waals surface area contributed by atoms with Gasteiger partial charge in [-0.1, -0.05) is 18.2 Å². The van der Waals surface area contributed by atoms with Gasteiger partial charge in [-0.2, -0.15) is 0 Å². The van der Waals surface area contributed by atoms with Gasteiger partial charge in [0.1, 0.15) is 0 Å². The minimum atomic E-state index is -4.05. The minimum absolute atomic E-state index is 0.107. The van der Waals surface area contributed by atoms with E-state index in [4.69, 9.17) is 5.73 Å². The van der Waals surface area contributed by atoms with Crippen LogP contribution in [0.25, 0.3) is 0 Å². The lowest BCUT2D eigenvalue weighted by atomic mass is 10.1. The highest BCUT2D eigenvalue weighted by molar-refractivity contribution is 7.92. The number of nitrogens with one attached hydrogen (secondary N) is 2. The molecule has 2 aromatic rings. The van der Waals surface area contributed by atoms with Crippen LogP contribution in [0.2, 0.25) is 0 Å². The fourth-order valence-corrected chi connectivity index (χ4v) is 2.93. The summed E-state index contributed by atoms with van der Waals surface area (Å²) in [6.45, 7) is 0. The molecule has 0 spiro atoms. The maximum absolute atomic E-state index is 12.2. The van der Waals surface area contributed by atoms with Crippen molar-refractivity contribution in [1.29, 1.82) is 0 Å². The Morgan fingerprint density at radius 3 is 2.62 bits per heavy atom. The predicted molar refractivity (Wildman–Crippen MR) is 77.2 cm³/mol. The quantitative estimate of drug-likeness (QED) is 0.730. The highest BCUT2D eigenvalue weighted by atomic mass is 32.2. The Balaban J connectivity index is 2.40. The summed E-state index contributed by atoms with van der Waals surface area (Å²) >= 11 is 0. The van der Waals surface area contributed by atoms with Crippen LogP contribution in [0.1, 0.15) is 5.56 Å². The molecule has 0 bridgehead atoms. The van der Waals surface area contributed by atoms with E-state index in [9.17, 15) is 18.0 Å². The van der Waals surface area contributed by atoms with Crippen LogP contribution in [0.3, 0.4) is 0 Å². The molecule has 1 aromatic heterocycles. The molecule has 0 aliphatic carbocycles. The monoisotopic (exact) mass is 307 g/mol. The first-order valence-electron chi connectivity index (χ1n) is 5.96. The van der Waals surface area contributed by atoms with Crippen LogP contribution < -0.4 is 15.9 Å². The number of H-pyrrole nitrogens is 1. The number of primary amides is 1. The van der Waals surface area contributed by atoms with Gasteiger partial charge >= 0.3 is 0 Å². The summed E-state index contributed by atoms with van der Waals surface area (Å²) in [4.78, 5) is 24.7. The number of para-hydroxylation sites is 1. The summed E-state index contributed by atoms with van der Waals surface area (Å²) < 4.78 is 26.7. The molecule has 0 atom stereocenters. The predicted octanol–water partition coefficient (Wildman–Crippen LogP) is 0.203. The van der Waals surface area contributed by atoms with Crippen LogP contribution in [-0.2, 0) is 21.2 Å². The minimum Gasteiger partial charge on any atom is -0.369 e. The Morgan fingerprint density at radius 1 is 1.24 bits per heavy atom. The van der Waals surface area contributed by atoms with E-state index in [0.717, 1.165) is 12.3 Å². The zero-order valence-corrected chi connectivity index (χ0v) is 11.7. The van der Waals surface area contributed by atoms with E-state index in [0.29, 0.717) is 5.56 Å². The topological polar surface area (TPSA) is 122 Å². The van der Waals surface area contributed by atoms with E-state index in [1.54, 1.807) is 18.2 Å². The highest BCUT2D eigenvalue weighted by Gasteiger charge is 2.19. The van der Waals surface area contributed by atoms with Gasteiger partial charge in [0, 0.05) is 18.5 Å². The van der Waals surface area contributed by atoms with Crippen LogP contribution in [-0.4, -0.2) is 19.3 Å². The maximum atomic E-state index is 12.2. The Morgan fingerprint density at radius 2 is 1.95 bits per heavy atom. The molecule has 0 saturated heterocycles. The third-order valence-electron chi connectivity index (χ3n) is 2.70. The van der Waals surface area contributed by atoms with Gasteiger partial charge in [-0.15, -0.1) is 0 Å². The van der Waals surface area contributed by atoms with E-state index < -0.39 is 26.3 Å². The lowest BCUT2D eigenvalue weighted by molar-refractivity contribution is -0.117. The molecule has 0 aliphatic rings. The van der Waals surface area contributed by atoms with Crippen LogP contribution in [0.15, 0.2) is 52.4 Å². The summed E-state index contributed by atoms with van der Waals surface area (Å²) in [5.74, 6) is -0.584. The number of aromatic nitrogens is 1. The smallest absolute Gasteiger partial charge is 0.267 e. The second-order valence-corrected chi connectivity index (χ2v) is 5.93. The third-order valence-corrected chi connectivity index (χ3v) is 4.09. The van der Waals surface area contributed by atoms with Gasteiger partial charge in [0.05, 0.1) is 12.1 Å². The second-order valence-electron chi connectivity index (χ2n) is 4.28. The molecular weight excluding hydrogens is 294 g/mol. The molecule has 7 nitrogen and oxygen atoms in total. The van der Waals surface area contributed by atoms with Gasteiger partial charge in [0.2, 0.25) is 11.3 Å². The molecule has 2 rings (SSSR count). The molecule has 8 heteroatoms. The van der Waals surface area contributed by atoms with Gasteiger partial charge < -0.3 is 10.7 Å². The van der Waals surface area contributed by atoms with Gasteiger partial charge in [0.15, 0.2) is 4.90 Å². The van der Waals surface area contributed by atoms with Crippen molar-refractivity contribution in [2.24, 2.45) is 5.73 Å². The molecule has 0 fully saturated rings. The van der Waals surface area contributed by atoms with Crippen molar-refractivity contribution in [3.8, 4) is 0 Å². The largest absolute Gasteiger partial charge is 0.369 e. The summed E-state index contributed by atoms with van der Waals surface area (Å²) in [5.41, 5.74) is 5.13. The third kappa shape index (κ3) is 3.48. The number of pyridine rings is 1. The number of anilines is 1. The fourth-order valence-electron chi connectivity index (χ4n) is 1.77. The molecule has 1 heterocycles. The normalized spacial score (nSPS) is 11.0. The summed E-state index contributed by atoms with van der Waals surface area (Å²) in [7, 11) is -4.05. The van der Waals surface area contributed by atoms with Crippen LogP contribution in [0, 0.1) is 0 Å². The van der Waals surface area contributed by atoms with E-state index in [-0.39, 0.29) is 12.1 Å². The molecule has 4 N–H and O–H groups in total. The SMILES string of the molecule is NC(=O)Cc1ccccc1NS(=O)(=O)c1c[nH]ccc1=O. The number of amides is 1. The van der Waals surface area contributed by atoms with Gasteiger partial charge in [0.25, 0.3) is 10.0 Å². The molecule has 21 heavy (non-hydrogen) atoms. The number of benzene rings is 1. The molecule has 0 aliphatic heterocycles. The zero-order chi connectivity index (χ0) is 15.5. The van der Waals surface area contributed by atoms with E-state index >= 15 is 0 Å². The molecule has 110 valence electrons. The van der Waals surface area contributed by atoms with E-state index in [1.165, 1.54) is 12.3 Å². The van der Waals surface area contributed by atoms with Gasteiger partial charge in [-0.25, -0.2) is 8.42 Å². The molecule has 0 saturated carbocycles. The molecule has 0 unspecified atom stereocenters. The van der Waals surface area contributed by atoms with Crippen molar-refractivity contribution in [2.45, 2.75) is 11.3 Å². The average Bonchev–Trinajstić information content (AvgIpc) is 2.40. The summed E-state index contributed by atoms with van der Waals surface area (Å²) in [6.07, 6.45) is 2.33. The van der Waals surface area contributed by atoms with Crippen molar-refractivity contribution >= 4 is 21.6 Å². The van der Waals surface area contributed by atoms with Crippen LogP contribution in [0.4, 0.5) is 5.69 Å². The molecule has 1 aromatic carbocycles. The number of hydrogen-bond acceptors (Lipinski definition) is 4. The number of sulfonamides is 1. The Labute approximate surface area is 120 Å². The standard InChI is InChI=1S/C13H13N3O4S/c14-13(18)7-9-3-1-2-4-10(9)16-21(19,20)12-8-15-6-5-11(12)17/h1-6,8,16H,7H2,(H2,14,18)(H,15,17). The van der Waals surface area contributed by atoms with Crippen molar-refractivity contribution in [1.82, 2.24) is 4.98 Å². The van der Waals surface area contributed by atoms with E-state index in [2.05, 4.69) is 9.71 Å². The lowest BCUT2D eigenvalue weighted by Gasteiger charge is -2.11. The maximum Gasteiger partial charge on any atom is 0.267 e. The number of rotatable bonds is 5. The summed E-state index contributed by atoms with van der Waals surface area (Å²) in [6, 6.07) is 7.46. The number of carbonyl (C=O) groups excluding carboxylic acids is 1. The molecule has 0 radical (unpaired) electrons. The number of carbonyl (C=O) groups is 1. The Kier molecular flexibility index (Phi) is 4.08.